The Hall–Kier alpha value is -2.56. The highest BCUT2D eigenvalue weighted by Gasteiger charge is 2.31. The van der Waals surface area contributed by atoms with Crippen LogP contribution in [0.5, 0.6) is 11.5 Å². The van der Waals surface area contributed by atoms with Crippen LogP contribution in [0, 0.1) is 0 Å². The third-order valence-electron chi connectivity index (χ3n) is 5.23. The molecule has 3 aromatic rings. The number of thiophene rings is 1. The molecule has 7 nitrogen and oxygen atoms in total. The van der Waals surface area contributed by atoms with Crippen LogP contribution < -0.4 is 14.8 Å². The number of fused-ring (bicyclic) bond motifs is 3. The average molecular weight is 537 g/mol. The van der Waals surface area contributed by atoms with E-state index in [4.69, 9.17) is 9.47 Å². The molecule has 0 bridgehead atoms. The third-order valence-corrected chi connectivity index (χ3v) is 8.62. The van der Waals surface area contributed by atoms with Crippen molar-refractivity contribution in [1.29, 1.82) is 0 Å². The number of urea groups is 1. The second-order valence-corrected chi connectivity index (χ2v) is 11.9. The summed E-state index contributed by atoms with van der Waals surface area (Å²) in [5.41, 5.74) is 3.07. The molecule has 1 atom stereocenters. The molecule has 1 aromatic heterocycles. The number of rotatable bonds is 5. The topological polar surface area (TPSA) is 84.9 Å². The van der Waals surface area contributed by atoms with E-state index in [-0.39, 0.29) is 5.75 Å². The lowest BCUT2D eigenvalue weighted by Gasteiger charge is -2.30. The first kappa shape index (κ1) is 22.6. The Kier molecular flexibility index (Phi) is 6.19. The number of anilines is 1. The van der Waals surface area contributed by atoms with Crippen LogP contribution in [-0.4, -0.2) is 38.7 Å². The number of hydrogen-bond acceptors (Lipinski definition) is 6. The fourth-order valence-corrected chi connectivity index (χ4v) is 5.68. The molecule has 1 N–H and O–H groups in total. The molecule has 2 heterocycles. The second kappa shape index (κ2) is 8.76. The summed E-state index contributed by atoms with van der Waals surface area (Å²) in [7, 11) is -0.812. The summed E-state index contributed by atoms with van der Waals surface area (Å²) >= 11 is 5.06. The van der Waals surface area contributed by atoms with Gasteiger partial charge in [0.15, 0.2) is 6.10 Å². The lowest BCUT2D eigenvalue weighted by Crippen LogP contribution is -2.37. The Bertz CT molecular complexity index is 1290. The Labute approximate surface area is 199 Å². The summed E-state index contributed by atoms with van der Waals surface area (Å²) in [5, 5.41) is 2.68. The maximum absolute atomic E-state index is 12.5. The van der Waals surface area contributed by atoms with Crippen molar-refractivity contribution >= 4 is 49.0 Å². The smallest absolute Gasteiger partial charge is 0.335 e. The van der Waals surface area contributed by atoms with Crippen LogP contribution in [-0.2, 0) is 10.0 Å². The van der Waals surface area contributed by atoms with E-state index in [2.05, 4.69) is 21.2 Å². The molecule has 0 spiro atoms. The highest BCUT2D eigenvalue weighted by molar-refractivity contribution is 9.11. The van der Waals surface area contributed by atoms with Gasteiger partial charge in [0, 0.05) is 18.3 Å². The van der Waals surface area contributed by atoms with Crippen LogP contribution in [0.1, 0.15) is 23.5 Å². The Morgan fingerprint density at radius 1 is 1.25 bits per heavy atom. The largest absolute Gasteiger partial charge is 0.496 e. The predicted molar refractivity (Wildman–Crippen MR) is 129 cm³/mol. The normalized spacial score (nSPS) is 14.7. The van der Waals surface area contributed by atoms with Gasteiger partial charge in [0.1, 0.15) is 11.5 Å². The lowest BCUT2D eigenvalue weighted by atomic mass is 9.91. The molecule has 0 saturated carbocycles. The van der Waals surface area contributed by atoms with Gasteiger partial charge in [-0.3, -0.25) is 0 Å². The van der Waals surface area contributed by atoms with E-state index in [1.807, 2.05) is 42.5 Å². The number of sulfonamides is 1. The van der Waals surface area contributed by atoms with Crippen molar-refractivity contribution in [3.8, 4) is 22.6 Å². The van der Waals surface area contributed by atoms with Crippen LogP contribution in [0.3, 0.4) is 0 Å². The van der Waals surface area contributed by atoms with Gasteiger partial charge in [-0.15, -0.1) is 11.3 Å². The highest BCUT2D eigenvalue weighted by atomic mass is 79.9. The summed E-state index contributed by atoms with van der Waals surface area (Å²) in [5.74, 6) is 1.22. The Morgan fingerprint density at radius 2 is 2.03 bits per heavy atom. The van der Waals surface area contributed by atoms with Crippen molar-refractivity contribution in [2.75, 3.05) is 25.2 Å². The molecule has 0 fully saturated rings. The maximum atomic E-state index is 12.5. The summed E-state index contributed by atoms with van der Waals surface area (Å²) in [4.78, 5) is 13.5. The molecule has 2 aromatic carbocycles. The van der Waals surface area contributed by atoms with Crippen LogP contribution in [0.2, 0.25) is 0 Å². The van der Waals surface area contributed by atoms with E-state index in [1.165, 1.54) is 14.0 Å². The van der Waals surface area contributed by atoms with Crippen molar-refractivity contribution in [2.24, 2.45) is 0 Å². The number of hydrogen-bond donors (Lipinski definition) is 1. The molecule has 32 heavy (non-hydrogen) atoms. The number of nitrogens with one attached hydrogen (secondary N) is 1. The quantitative estimate of drug-likeness (QED) is 0.466. The second-order valence-electron chi connectivity index (χ2n) is 7.07. The summed E-state index contributed by atoms with van der Waals surface area (Å²) < 4.78 is 37.7. The zero-order valence-electron chi connectivity index (χ0n) is 17.6. The van der Waals surface area contributed by atoms with E-state index in [1.54, 1.807) is 24.5 Å². The molecule has 168 valence electrons. The summed E-state index contributed by atoms with van der Waals surface area (Å²) in [6, 6.07) is 14.3. The van der Waals surface area contributed by atoms with Crippen molar-refractivity contribution in [2.45, 2.75) is 13.0 Å². The minimum absolute atomic E-state index is 0.166. The number of ether oxygens (including phenoxy) is 2. The Balaban J connectivity index is 1.79. The van der Waals surface area contributed by atoms with Gasteiger partial charge in [-0.1, -0.05) is 12.1 Å². The van der Waals surface area contributed by atoms with Crippen molar-refractivity contribution in [1.82, 2.24) is 4.31 Å². The number of benzene rings is 2. The molecular formula is C22H21BrN2O5S2. The molecule has 0 aliphatic carbocycles. The van der Waals surface area contributed by atoms with E-state index in [0.717, 1.165) is 29.7 Å². The SMILES string of the molecule is CCS(=O)(=O)N(C)C(=O)Nc1ccc2c(c1)C(c1ccc(Br)s1)Oc1cccc(OC)c1-2. The molecular weight excluding hydrogens is 516 g/mol. The molecule has 1 aliphatic heterocycles. The van der Waals surface area contributed by atoms with E-state index < -0.39 is 22.2 Å². The predicted octanol–water partition coefficient (Wildman–Crippen LogP) is 5.48. The maximum Gasteiger partial charge on any atom is 0.335 e. The van der Waals surface area contributed by atoms with E-state index >= 15 is 0 Å². The zero-order valence-corrected chi connectivity index (χ0v) is 20.8. The van der Waals surface area contributed by atoms with Crippen LogP contribution >= 0.6 is 27.3 Å². The van der Waals surface area contributed by atoms with Gasteiger partial charge in [-0.25, -0.2) is 17.5 Å². The van der Waals surface area contributed by atoms with Gasteiger partial charge in [-0.2, -0.15) is 0 Å². The first-order chi connectivity index (χ1) is 15.2. The van der Waals surface area contributed by atoms with Crippen LogP contribution in [0.25, 0.3) is 11.1 Å². The van der Waals surface area contributed by atoms with E-state index in [9.17, 15) is 13.2 Å². The summed E-state index contributed by atoms with van der Waals surface area (Å²) in [6.45, 7) is 1.49. The van der Waals surface area contributed by atoms with Gasteiger partial charge in [0.25, 0.3) is 0 Å². The number of carbonyl (C=O) groups excluding carboxylic acids is 1. The molecule has 0 radical (unpaired) electrons. The fraction of sp³-hybridized carbons (Fsp3) is 0.227. The van der Waals surface area contributed by atoms with Crippen molar-refractivity contribution in [3.05, 3.63) is 62.8 Å². The first-order valence-electron chi connectivity index (χ1n) is 9.76. The first-order valence-corrected chi connectivity index (χ1v) is 13.0. The van der Waals surface area contributed by atoms with Gasteiger partial charge >= 0.3 is 6.03 Å². The van der Waals surface area contributed by atoms with Crippen LogP contribution in [0.4, 0.5) is 10.5 Å². The molecule has 1 unspecified atom stereocenters. The number of amides is 2. The molecule has 0 saturated heterocycles. The monoisotopic (exact) mass is 536 g/mol. The fourth-order valence-electron chi connectivity index (χ4n) is 3.52. The van der Waals surface area contributed by atoms with Gasteiger partial charge in [0.05, 0.1) is 27.1 Å². The van der Waals surface area contributed by atoms with Crippen LogP contribution in [0.15, 0.2) is 52.3 Å². The molecule has 4 rings (SSSR count). The van der Waals surface area contributed by atoms with Gasteiger partial charge < -0.3 is 14.8 Å². The van der Waals surface area contributed by atoms with E-state index in [0.29, 0.717) is 17.2 Å². The zero-order chi connectivity index (χ0) is 23.0. The van der Waals surface area contributed by atoms with Gasteiger partial charge in [-0.05, 0) is 64.8 Å². The number of halogens is 1. The molecule has 1 aliphatic rings. The van der Waals surface area contributed by atoms with Crippen molar-refractivity contribution in [3.63, 3.8) is 0 Å². The molecule has 2 amide bonds. The van der Waals surface area contributed by atoms with Gasteiger partial charge in [0.2, 0.25) is 10.0 Å². The highest BCUT2D eigenvalue weighted by Crippen LogP contribution is 2.50. The number of nitrogens with zero attached hydrogens (tertiary/aromatic N) is 1. The minimum Gasteiger partial charge on any atom is -0.496 e. The number of methoxy groups -OCH3 is 1. The summed E-state index contributed by atoms with van der Waals surface area (Å²) in [6.07, 6.45) is -0.394. The Morgan fingerprint density at radius 3 is 2.69 bits per heavy atom. The minimum atomic E-state index is -3.66. The number of carbonyl (C=O) groups is 1. The molecule has 10 heteroatoms. The lowest BCUT2D eigenvalue weighted by molar-refractivity contribution is 0.240. The average Bonchev–Trinajstić information content (AvgIpc) is 3.23. The third kappa shape index (κ3) is 4.10. The van der Waals surface area contributed by atoms with Crippen molar-refractivity contribution < 1.29 is 22.7 Å². The standard InChI is InChI=1S/C22H21BrN2O5S2/c1-4-32(27,28)25(2)22(26)24-13-8-9-14-15(12-13)21(18-10-11-19(23)31-18)30-17-7-5-6-16(29-3)20(14)17/h5-12,21H,4H2,1-3H3,(H,24,26).